The van der Waals surface area contributed by atoms with E-state index in [2.05, 4.69) is 0 Å². The summed E-state index contributed by atoms with van der Waals surface area (Å²) in [7, 11) is 0. The smallest absolute Gasteiger partial charge is 0.133 e. The minimum absolute atomic E-state index is 0.512. The van der Waals surface area contributed by atoms with Crippen molar-refractivity contribution in [3.63, 3.8) is 0 Å². The van der Waals surface area contributed by atoms with Gasteiger partial charge in [0, 0.05) is 12.8 Å². The molecule has 0 heterocycles. The molecular weight excluding hydrogens is 100 g/mol. The van der Waals surface area contributed by atoms with E-state index in [1.807, 2.05) is 0 Å². The van der Waals surface area contributed by atoms with Crippen molar-refractivity contribution in [1.29, 1.82) is 0 Å². The highest BCUT2D eigenvalue weighted by Crippen LogP contribution is 2.44. The quantitative estimate of drug-likeness (QED) is 0.460. The molecule has 0 aromatic rings. The van der Waals surface area contributed by atoms with Crippen molar-refractivity contribution < 1.29 is 4.79 Å². The lowest BCUT2D eigenvalue weighted by atomic mass is 9.77. The number of carbonyl (C=O) groups is 1. The van der Waals surface area contributed by atoms with E-state index in [-0.39, 0.29) is 0 Å². The highest BCUT2D eigenvalue weighted by Gasteiger charge is 2.38. The predicted octanol–water partition coefficient (Wildman–Crippen LogP) is 1.38. The van der Waals surface area contributed by atoms with Gasteiger partial charge >= 0.3 is 0 Å². The summed E-state index contributed by atoms with van der Waals surface area (Å²) in [5.41, 5.74) is 0. The summed E-state index contributed by atoms with van der Waals surface area (Å²) < 4.78 is 0. The number of ketones is 1. The standard InChI is InChI=1S/C7H10O/c8-7-3-5-1-2-6(5)4-7/h5-6H,1-4H2/t5-,6-/m1/s1. The number of carbonyl (C=O) groups excluding carboxylic acids is 1. The lowest BCUT2D eigenvalue weighted by Gasteiger charge is -2.28. The molecule has 2 aliphatic carbocycles. The second kappa shape index (κ2) is 1.34. The third-order valence-electron chi connectivity index (χ3n) is 2.55. The van der Waals surface area contributed by atoms with Gasteiger partial charge < -0.3 is 0 Å². The molecule has 0 aromatic heterocycles. The Balaban J connectivity index is 2.10. The van der Waals surface area contributed by atoms with Crippen LogP contribution in [0.15, 0.2) is 0 Å². The second-order valence-corrected chi connectivity index (χ2v) is 3.04. The fourth-order valence-electron chi connectivity index (χ4n) is 1.84. The molecule has 2 fully saturated rings. The van der Waals surface area contributed by atoms with Crippen LogP contribution >= 0.6 is 0 Å². The average Bonchev–Trinajstić information content (AvgIpc) is 1.91. The Hall–Kier alpha value is -0.330. The first kappa shape index (κ1) is 4.54. The molecule has 0 spiro atoms. The third kappa shape index (κ3) is 0.445. The van der Waals surface area contributed by atoms with Crippen LogP contribution in [0.1, 0.15) is 25.7 Å². The van der Waals surface area contributed by atoms with Gasteiger partial charge in [-0.15, -0.1) is 0 Å². The molecule has 0 amide bonds. The SMILES string of the molecule is O=C1C[C@H]2CC[C@@H]2C1. The molecular formula is C7H10O. The normalized spacial score (nSPS) is 43.8. The molecule has 1 heteroatoms. The van der Waals surface area contributed by atoms with Gasteiger partial charge in [-0.2, -0.15) is 0 Å². The molecule has 1 nitrogen and oxygen atoms in total. The Morgan fingerprint density at radius 2 is 1.62 bits per heavy atom. The molecule has 2 saturated carbocycles. The third-order valence-corrected chi connectivity index (χ3v) is 2.55. The Morgan fingerprint density at radius 1 is 1.12 bits per heavy atom. The topological polar surface area (TPSA) is 17.1 Å². The van der Waals surface area contributed by atoms with Crippen LogP contribution in [0.3, 0.4) is 0 Å². The van der Waals surface area contributed by atoms with Crippen LogP contribution in [0.4, 0.5) is 0 Å². The molecule has 0 saturated heterocycles. The maximum Gasteiger partial charge on any atom is 0.133 e. The van der Waals surface area contributed by atoms with E-state index in [0.717, 1.165) is 24.7 Å². The van der Waals surface area contributed by atoms with Crippen LogP contribution in [0.25, 0.3) is 0 Å². The van der Waals surface area contributed by atoms with Crippen molar-refractivity contribution in [3.05, 3.63) is 0 Å². The van der Waals surface area contributed by atoms with E-state index in [4.69, 9.17) is 0 Å². The zero-order chi connectivity index (χ0) is 5.56. The van der Waals surface area contributed by atoms with E-state index >= 15 is 0 Å². The molecule has 2 atom stereocenters. The van der Waals surface area contributed by atoms with E-state index in [9.17, 15) is 4.79 Å². The van der Waals surface area contributed by atoms with Gasteiger partial charge in [-0.1, -0.05) is 0 Å². The van der Waals surface area contributed by atoms with Gasteiger partial charge in [0.15, 0.2) is 0 Å². The molecule has 0 radical (unpaired) electrons. The Kier molecular flexibility index (Phi) is 0.758. The van der Waals surface area contributed by atoms with Crippen LogP contribution in [0.2, 0.25) is 0 Å². The van der Waals surface area contributed by atoms with E-state index < -0.39 is 0 Å². The Bertz CT molecular complexity index is 114. The van der Waals surface area contributed by atoms with Crippen molar-refractivity contribution in [2.24, 2.45) is 11.8 Å². The first-order valence-electron chi connectivity index (χ1n) is 3.38. The summed E-state index contributed by atoms with van der Waals surface area (Å²) in [5, 5.41) is 0. The maximum atomic E-state index is 10.7. The fourth-order valence-corrected chi connectivity index (χ4v) is 1.84. The maximum absolute atomic E-state index is 10.7. The van der Waals surface area contributed by atoms with Crippen LogP contribution < -0.4 is 0 Å². The molecule has 2 aliphatic rings. The number of fused-ring (bicyclic) bond motifs is 1. The summed E-state index contributed by atoms with van der Waals surface area (Å²) in [6.45, 7) is 0. The second-order valence-electron chi connectivity index (χ2n) is 3.04. The van der Waals surface area contributed by atoms with Gasteiger partial charge in [-0.05, 0) is 24.7 Å². The number of rotatable bonds is 0. The van der Waals surface area contributed by atoms with Crippen LogP contribution in [-0.4, -0.2) is 5.78 Å². The summed E-state index contributed by atoms with van der Waals surface area (Å²) >= 11 is 0. The summed E-state index contributed by atoms with van der Waals surface area (Å²) in [6.07, 6.45) is 4.47. The Morgan fingerprint density at radius 3 is 1.88 bits per heavy atom. The lowest BCUT2D eigenvalue weighted by molar-refractivity contribution is -0.117. The monoisotopic (exact) mass is 110 g/mol. The molecule has 44 valence electrons. The van der Waals surface area contributed by atoms with E-state index in [1.54, 1.807) is 0 Å². The minimum Gasteiger partial charge on any atom is -0.300 e. The van der Waals surface area contributed by atoms with Crippen LogP contribution in [0, 0.1) is 11.8 Å². The largest absolute Gasteiger partial charge is 0.300 e. The number of Topliss-reactive ketones (excluding diaryl/α,β-unsaturated/α-hetero) is 1. The fraction of sp³-hybridized carbons (Fsp3) is 0.857. The molecule has 2 rings (SSSR count). The molecule has 0 bridgehead atoms. The van der Waals surface area contributed by atoms with Crippen molar-refractivity contribution >= 4 is 5.78 Å². The zero-order valence-corrected chi connectivity index (χ0v) is 4.89. The highest BCUT2D eigenvalue weighted by molar-refractivity contribution is 5.81. The Labute approximate surface area is 49.1 Å². The van der Waals surface area contributed by atoms with Gasteiger partial charge in [0.1, 0.15) is 5.78 Å². The highest BCUT2D eigenvalue weighted by atomic mass is 16.1. The summed E-state index contributed by atoms with van der Waals surface area (Å²) in [4.78, 5) is 10.7. The molecule has 0 N–H and O–H groups in total. The van der Waals surface area contributed by atoms with Gasteiger partial charge in [-0.25, -0.2) is 0 Å². The van der Waals surface area contributed by atoms with Crippen molar-refractivity contribution in [2.45, 2.75) is 25.7 Å². The van der Waals surface area contributed by atoms with Gasteiger partial charge in [0.2, 0.25) is 0 Å². The molecule has 0 unspecified atom stereocenters. The molecule has 8 heavy (non-hydrogen) atoms. The zero-order valence-electron chi connectivity index (χ0n) is 4.89. The number of hydrogen-bond donors (Lipinski definition) is 0. The minimum atomic E-state index is 0.512. The molecule has 0 aliphatic heterocycles. The summed E-state index contributed by atoms with van der Waals surface area (Å²) in [6, 6.07) is 0. The van der Waals surface area contributed by atoms with Crippen molar-refractivity contribution in [3.8, 4) is 0 Å². The molecule has 0 aromatic carbocycles. The average molecular weight is 110 g/mol. The van der Waals surface area contributed by atoms with Gasteiger partial charge in [-0.3, -0.25) is 4.79 Å². The van der Waals surface area contributed by atoms with E-state index in [0.29, 0.717) is 5.78 Å². The first-order valence-corrected chi connectivity index (χ1v) is 3.38. The van der Waals surface area contributed by atoms with E-state index in [1.165, 1.54) is 12.8 Å². The van der Waals surface area contributed by atoms with Crippen LogP contribution in [0.5, 0.6) is 0 Å². The first-order chi connectivity index (χ1) is 3.86. The predicted molar refractivity (Wildman–Crippen MR) is 30.5 cm³/mol. The number of hydrogen-bond acceptors (Lipinski definition) is 1. The van der Waals surface area contributed by atoms with Crippen molar-refractivity contribution in [1.82, 2.24) is 0 Å². The van der Waals surface area contributed by atoms with Crippen molar-refractivity contribution in [2.75, 3.05) is 0 Å². The van der Waals surface area contributed by atoms with Crippen LogP contribution in [-0.2, 0) is 4.79 Å². The summed E-state index contributed by atoms with van der Waals surface area (Å²) in [5.74, 6) is 2.16. The lowest BCUT2D eigenvalue weighted by Crippen LogP contribution is -2.18. The van der Waals surface area contributed by atoms with Gasteiger partial charge in [0.25, 0.3) is 0 Å². The van der Waals surface area contributed by atoms with Gasteiger partial charge in [0.05, 0.1) is 0 Å².